The number of likely N-dealkylation sites (N-methyl/N-ethyl adjacent to an activating group) is 1. The second-order valence-corrected chi connectivity index (χ2v) is 3.65. The predicted octanol–water partition coefficient (Wildman–Crippen LogP) is 1.99. The van der Waals surface area contributed by atoms with Crippen LogP contribution in [0.4, 0.5) is 4.79 Å². The largest absolute Gasteiger partial charge is 0.431 e. The van der Waals surface area contributed by atoms with Crippen molar-refractivity contribution < 1.29 is 14.3 Å². The van der Waals surface area contributed by atoms with Crippen molar-refractivity contribution in [3.8, 4) is 0 Å². The Kier molecular flexibility index (Phi) is 2.36. The maximum Gasteiger partial charge on any atom is 0.417 e. The van der Waals surface area contributed by atoms with Gasteiger partial charge in [0.15, 0.2) is 0 Å². The van der Waals surface area contributed by atoms with Crippen molar-refractivity contribution in [2.24, 2.45) is 0 Å². The van der Waals surface area contributed by atoms with E-state index in [2.05, 4.69) is 0 Å². The van der Waals surface area contributed by atoms with Gasteiger partial charge in [0.25, 0.3) is 5.91 Å². The maximum atomic E-state index is 11.5. The highest BCUT2D eigenvalue weighted by molar-refractivity contribution is 6.30. The molecule has 1 fully saturated rings. The Balaban J connectivity index is 2.29. The third-order valence-electron chi connectivity index (χ3n) is 2.22. The molecular formula is C10H8ClNO3. The molecule has 1 aromatic carbocycles. The molecule has 1 aliphatic heterocycles. The van der Waals surface area contributed by atoms with E-state index < -0.39 is 12.2 Å². The Bertz CT molecular complexity index is 415. The average molecular weight is 226 g/mol. The normalized spacial score (nSPS) is 20.7. The predicted molar refractivity (Wildman–Crippen MR) is 53.4 cm³/mol. The van der Waals surface area contributed by atoms with Crippen LogP contribution in [-0.2, 0) is 9.53 Å². The minimum atomic E-state index is -0.834. The van der Waals surface area contributed by atoms with Gasteiger partial charge >= 0.3 is 6.09 Å². The molecule has 5 heteroatoms. The zero-order chi connectivity index (χ0) is 11.0. The molecule has 1 aromatic rings. The molecule has 0 N–H and O–H groups in total. The van der Waals surface area contributed by atoms with E-state index in [0.29, 0.717) is 10.6 Å². The molecular weight excluding hydrogens is 218 g/mol. The van der Waals surface area contributed by atoms with Crippen LogP contribution in [0, 0.1) is 0 Å². The number of carbonyl (C=O) groups excluding carboxylic acids is 2. The van der Waals surface area contributed by atoms with E-state index in [4.69, 9.17) is 16.3 Å². The summed E-state index contributed by atoms with van der Waals surface area (Å²) in [4.78, 5) is 23.6. The molecule has 2 rings (SSSR count). The first-order chi connectivity index (χ1) is 7.09. The summed E-state index contributed by atoms with van der Waals surface area (Å²) in [6.07, 6.45) is -1.46. The molecule has 15 heavy (non-hydrogen) atoms. The number of amides is 2. The lowest BCUT2D eigenvalue weighted by Gasteiger charge is -2.06. The lowest BCUT2D eigenvalue weighted by molar-refractivity contribution is -0.129. The lowest BCUT2D eigenvalue weighted by Crippen LogP contribution is -2.24. The highest BCUT2D eigenvalue weighted by atomic mass is 35.5. The van der Waals surface area contributed by atoms with Gasteiger partial charge in [-0.1, -0.05) is 23.7 Å². The lowest BCUT2D eigenvalue weighted by atomic mass is 10.1. The highest BCUT2D eigenvalue weighted by Crippen LogP contribution is 2.27. The maximum absolute atomic E-state index is 11.5. The topological polar surface area (TPSA) is 46.6 Å². The Morgan fingerprint density at radius 2 is 1.87 bits per heavy atom. The van der Waals surface area contributed by atoms with Crippen LogP contribution in [0.15, 0.2) is 24.3 Å². The standard InChI is InChI=1S/C10H8ClNO3/c1-12-9(13)8(15-10(12)14)6-2-4-7(11)5-3-6/h2-5,8H,1H3/t8-/m0/s1. The number of cyclic esters (lactones) is 1. The fraction of sp³-hybridized carbons (Fsp3) is 0.200. The summed E-state index contributed by atoms with van der Waals surface area (Å²) in [5.74, 6) is -0.359. The summed E-state index contributed by atoms with van der Waals surface area (Å²) in [5.41, 5.74) is 0.627. The van der Waals surface area contributed by atoms with Crippen LogP contribution in [0.3, 0.4) is 0 Å². The van der Waals surface area contributed by atoms with Gasteiger partial charge in [-0.05, 0) is 12.1 Å². The summed E-state index contributed by atoms with van der Waals surface area (Å²) in [6.45, 7) is 0. The number of benzene rings is 1. The minimum absolute atomic E-state index is 0.359. The summed E-state index contributed by atoms with van der Waals surface area (Å²) < 4.78 is 4.91. The van der Waals surface area contributed by atoms with Gasteiger partial charge in [-0.2, -0.15) is 0 Å². The van der Waals surface area contributed by atoms with Crippen LogP contribution in [-0.4, -0.2) is 23.9 Å². The van der Waals surface area contributed by atoms with E-state index in [1.165, 1.54) is 7.05 Å². The van der Waals surface area contributed by atoms with Crippen molar-refractivity contribution in [3.05, 3.63) is 34.9 Å². The van der Waals surface area contributed by atoms with Crippen LogP contribution >= 0.6 is 11.6 Å². The molecule has 1 heterocycles. The Morgan fingerprint density at radius 3 is 2.33 bits per heavy atom. The zero-order valence-corrected chi connectivity index (χ0v) is 8.69. The summed E-state index contributed by atoms with van der Waals surface area (Å²) in [5, 5.41) is 0.573. The summed E-state index contributed by atoms with van der Waals surface area (Å²) >= 11 is 5.71. The van der Waals surface area contributed by atoms with Gasteiger partial charge in [0.2, 0.25) is 6.10 Å². The van der Waals surface area contributed by atoms with E-state index in [1.807, 2.05) is 0 Å². The van der Waals surface area contributed by atoms with Crippen LogP contribution in [0.1, 0.15) is 11.7 Å². The third kappa shape index (κ3) is 1.68. The molecule has 0 radical (unpaired) electrons. The molecule has 1 saturated heterocycles. The van der Waals surface area contributed by atoms with Crippen LogP contribution < -0.4 is 0 Å². The van der Waals surface area contributed by atoms with Crippen molar-refractivity contribution in [2.75, 3.05) is 7.05 Å². The minimum Gasteiger partial charge on any atom is -0.431 e. The molecule has 4 nitrogen and oxygen atoms in total. The molecule has 0 spiro atoms. The van der Waals surface area contributed by atoms with Crippen LogP contribution in [0.2, 0.25) is 5.02 Å². The van der Waals surface area contributed by atoms with Gasteiger partial charge in [-0.25, -0.2) is 9.69 Å². The van der Waals surface area contributed by atoms with Gasteiger partial charge < -0.3 is 4.74 Å². The molecule has 0 bridgehead atoms. The van der Waals surface area contributed by atoms with Crippen molar-refractivity contribution >= 4 is 23.6 Å². The van der Waals surface area contributed by atoms with Crippen molar-refractivity contribution in [1.82, 2.24) is 4.90 Å². The number of halogens is 1. The Morgan fingerprint density at radius 1 is 1.27 bits per heavy atom. The number of hydrogen-bond donors (Lipinski definition) is 0. The number of hydrogen-bond acceptors (Lipinski definition) is 3. The molecule has 1 atom stereocenters. The second-order valence-electron chi connectivity index (χ2n) is 3.21. The molecule has 0 aromatic heterocycles. The average Bonchev–Trinajstić information content (AvgIpc) is 2.47. The van der Waals surface area contributed by atoms with Gasteiger partial charge in [0.1, 0.15) is 0 Å². The number of nitrogens with zero attached hydrogens (tertiary/aromatic N) is 1. The molecule has 1 aliphatic rings. The van der Waals surface area contributed by atoms with E-state index in [0.717, 1.165) is 4.90 Å². The highest BCUT2D eigenvalue weighted by Gasteiger charge is 2.38. The number of ether oxygens (including phenoxy) is 1. The van der Waals surface area contributed by atoms with Crippen molar-refractivity contribution in [1.29, 1.82) is 0 Å². The van der Waals surface area contributed by atoms with E-state index >= 15 is 0 Å². The van der Waals surface area contributed by atoms with E-state index in [-0.39, 0.29) is 5.91 Å². The smallest absolute Gasteiger partial charge is 0.417 e. The first-order valence-corrected chi connectivity index (χ1v) is 4.71. The third-order valence-corrected chi connectivity index (χ3v) is 2.47. The first-order valence-electron chi connectivity index (χ1n) is 4.33. The number of carbonyl (C=O) groups is 2. The summed E-state index contributed by atoms with van der Waals surface area (Å²) in [7, 11) is 1.39. The monoisotopic (exact) mass is 225 g/mol. The Labute approximate surface area is 91.4 Å². The van der Waals surface area contributed by atoms with Gasteiger partial charge in [-0.3, -0.25) is 4.79 Å². The van der Waals surface area contributed by atoms with Gasteiger partial charge in [-0.15, -0.1) is 0 Å². The van der Waals surface area contributed by atoms with Crippen LogP contribution in [0.5, 0.6) is 0 Å². The zero-order valence-electron chi connectivity index (χ0n) is 7.94. The SMILES string of the molecule is CN1C(=O)O[C@@H](c2ccc(Cl)cc2)C1=O. The summed E-state index contributed by atoms with van der Waals surface area (Å²) in [6, 6.07) is 6.63. The van der Waals surface area contributed by atoms with Gasteiger partial charge in [0, 0.05) is 17.6 Å². The molecule has 78 valence electrons. The van der Waals surface area contributed by atoms with E-state index in [9.17, 15) is 9.59 Å². The van der Waals surface area contributed by atoms with Crippen LogP contribution in [0.25, 0.3) is 0 Å². The fourth-order valence-electron chi connectivity index (χ4n) is 1.34. The quantitative estimate of drug-likeness (QED) is 0.734. The molecule has 0 unspecified atom stereocenters. The van der Waals surface area contributed by atoms with E-state index in [1.54, 1.807) is 24.3 Å². The number of rotatable bonds is 1. The fourth-order valence-corrected chi connectivity index (χ4v) is 1.47. The molecule has 0 aliphatic carbocycles. The molecule has 2 amide bonds. The van der Waals surface area contributed by atoms with Crippen molar-refractivity contribution in [2.45, 2.75) is 6.10 Å². The molecule has 0 saturated carbocycles. The van der Waals surface area contributed by atoms with Gasteiger partial charge in [0.05, 0.1) is 0 Å². The van der Waals surface area contributed by atoms with Crippen molar-refractivity contribution in [3.63, 3.8) is 0 Å². The second kappa shape index (κ2) is 3.55. The first kappa shape index (κ1) is 9.98. The Hall–Kier alpha value is -1.55. The number of imide groups is 1.